The topological polar surface area (TPSA) is 115 Å². The highest BCUT2D eigenvalue weighted by Gasteiger charge is 2.28. The number of hydrogen-bond donors (Lipinski definition) is 2. The van der Waals surface area contributed by atoms with E-state index < -0.39 is 6.04 Å². The van der Waals surface area contributed by atoms with Crippen LogP contribution in [-0.4, -0.2) is 76.2 Å². The summed E-state index contributed by atoms with van der Waals surface area (Å²) in [6.07, 6.45) is 1.54. The second-order valence-corrected chi connectivity index (χ2v) is 8.79. The van der Waals surface area contributed by atoms with Crippen LogP contribution in [0, 0.1) is 0 Å². The highest BCUT2D eigenvalue weighted by Crippen LogP contribution is 2.38. The van der Waals surface area contributed by atoms with E-state index in [9.17, 15) is 14.4 Å². The summed E-state index contributed by atoms with van der Waals surface area (Å²) >= 11 is 0. The molecule has 0 radical (unpaired) electrons. The molecule has 1 fully saturated rings. The maximum absolute atomic E-state index is 13.2. The molecule has 0 aromatic heterocycles. The van der Waals surface area contributed by atoms with Gasteiger partial charge < -0.3 is 34.5 Å². The van der Waals surface area contributed by atoms with Gasteiger partial charge in [0.25, 0.3) is 5.91 Å². The Morgan fingerprint density at radius 3 is 2.00 bits per heavy atom. The van der Waals surface area contributed by atoms with Crippen LogP contribution in [0.1, 0.15) is 35.7 Å². The molecule has 0 saturated carbocycles. The number of benzene rings is 2. The van der Waals surface area contributed by atoms with Crippen molar-refractivity contribution in [2.75, 3.05) is 41.5 Å². The third kappa shape index (κ3) is 7.05. The average molecular weight is 514 g/mol. The molecule has 2 N–H and O–H groups in total. The maximum atomic E-state index is 13.2. The van der Waals surface area contributed by atoms with Crippen LogP contribution in [0.25, 0.3) is 0 Å². The molecule has 1 aliphatic heterocycles. The van der Waals surface area contributed by atoms with Gasteiger partial charge in [0.1, 0.15) is 11.8 Å². The minimum absolute atomic E-state index is 0.108. The monoisotopic (exact) mass is 513 g/mol. The number of likely N-dealkylation sites (tertiary alicyclic amines) is 1. The van der Waals surface area contributed by atoms with Gasteiger partial charge in [-0.05, 0) is 42.7 Å². The van der Waals surface area contributed by atoms with Crippen LogP contribution in [0.15, 0.2) is 36.4 Å². The van der Waals surface area contributed by atoms with Gasteiger partial charge in [0.15, 0.2) is 11.5 Å². The van der Waals surface area contributed by atoms with E-state index >= 15 is 0 Å². The highest BCUT2D eigenvalue weighted by molar-refractivity contribution is 5.95. The summed E-state index contributed by atoms with van der Waals surface area (Å²) in [5.41, 5.74) is 1.34. The smallest absolute Gasteiger partial charge is 0.254 e. The molecule has 1 aliphatic rings. The van der Waals surface area contributed by atoms with Gasteiger partial charge in [-0.15, -0.1) is 0 Å². The largest absolute Gasteiger partial charge is 0.497 e. The van der Waals surface area contributed by atoms with Crippen LogP contribution in [0.4, 0.5) is 0 Å². The van der Waals surface area contributed by atoms with Crippen molar-refractivity contribution >= 4 is 17.7 Å². The average Bonchev–Trinajstić information content (AvgIpc) is 2.91. The molecule has 0 bridgehead atoms. The molecule has 10 heteroatoms. The summed E-state index contributed by atoms with van der Waals surface area (Å²) < 4.78 is 21.2. The van der Waals surface area contributed by atoms with Gasteiger partial charge in [0.05, 0.1) is 28.4 Å². The predicted octanol–water partition coefficient (Wildman–Crippen LogP) is 2.19. The van der Waals surface area contributed by atoms with Crippen molar-refractivity contribution in [3.05, 3.63) is 47.5 Å². The first-order chi connectivity index (χ1) is 17.8. The zero-order valence-corrected chi connectivity index (χ0v) is 22.0. The lowest BCUT2D eigenvalue weighted by Gasteiger charge is -2.33. The fourth-order valence-corrected chi connectivity index (χ4v) is 4.37. The molecular weight excluding hydrogens is 478 g/mol. The van der Waals surface area contributed by atoms with Gasteiger partial charge >= 0.3 is 0 Å². The summed E-state index contributed by atoms with van der Waals surface area (Å²) in [6, 6.07) is 9.83. The van der Waals surface area contributed by atoms with Gasteiger partial charge in [-0.3, -0.25) is 14.4 Å². The molecule has 3 amide bonds. The van der Waals surface area contributed by atoms with Crippen molar-refractivity contribution in [1.82, 2.24) is 15.5 Å². The van der Waals surface area contributed by atoms with E-state index in [4.69, 9.17) is 18.9 Å². The lowest BCUT2D eigenvalue weighted by Crippen LogP contribution is -2.53. The molecule has 2 aromatic carbocycles. The fourth-order valence-electron chi connectivity index (χ4n) is 4.37. The predicted molar refractivity (Wildman–Crippen MR) is 137 cm³/mol. The molecular formula is C27H35N3O7. The van der Waals surface area contributed by atoms with E-state index in [1.807, 2.05) is 24.3 Å². The summed E-state index contributed by atoms with van der Waals surface area (Å²) in [4.78, 5) is 39.7. The number of piperidine rings is 1. The van der Waals surface area contributed by atoms with Crippen molar-refractivity contribution in [3.8, 4) is 23.0 Å². The molecule has 0 spiro atoms. The number of hydrogen-bond acceptors (Lipinski definition) is 7. The van der Waals surface area contributed by atoms with Gasteiger partial charge in [-0.25, -0.2) is 0 Å². The molecule has 37 heavy (non-hydrogen) atoms. The van der Waals surface area contributed by atoms with Gasteiger partial charge in [-0.1, -0.05) is 12.1 Å². The first-order valence-corrected chi connectivity index (χ1v) is 12.1. The quantitative estimate of drug-likeness (QED) is 0.500. The highest BCUT2D eigenvalue weighted by atomic mass is 16.5. The van der Waals surface area contributed by atoms with Gasteiger partial charge in [0.2, 0.25) is 17.6 Å². The Labute approximate surface area is 217 Å². The van der Waals surface area contributed by atoms with Gasteiger partial charge in [0, 0.05) is 38.0 Å². The Balaban J connectivity index is 1.61. The van der Waals surface area contributed by atoms with Crippen molar-refractivity contribution in [1.29, 1.82) is 0 Å². The van der Waals surface area contributed by atoms with E-state index in [0.29, 0.717) is 55.2 Å². The van der Waals surface area contributed by atoms with E-state index in [0.717, 1.165) is 11.3 Å². The van der Waals surface area contributed by atoms with Crippen LogP contribution in [0.5, 0.6) is 23.0 Å². The van der Waals surface area contributed by atoms with Crippen LogP contribution in [0.2, 0.25) is 0 Å². The number of nitrogens with one attached hydrogen (secondary N) is 2. The number of rotatable bonds is 10. The van der Waals surface area contributed by atoms with E-state index in [-0.39, 0.29) is 23.8 Å². The second-order valence-electron chi connectivity index (χ2n) is 8.79. The van der Waals surface area contributed by atoms with E-state index in [1.165, 1.54) is 28.3 Å². The molecule has 1 atom stereocenters. The third-order valence-electron chi connectivity index (χ3n) is 6.33. The summed E-state index contributed by atoms with van der Waals surface area (Å²) in [5.74, 6) is 1.28. The number of amides is 3. The molecule has 1 heterocycles. The van der Waals surface area contributed by atoms with Crippen LogP contribution in [-0.2, 0) is 16.0 Å². The molecule has 3 rings (SSSR count). The van der Waals surface area contributed by atoms with Gasteiger partial charge in [-0.2, -0.15) is 0 Å². The summed E-state index contributed by atoms with van der Waals surface area (Å²) in [7, 11) is 6.10. The lowest BCUT2D eigenvalue weighted by molar-refractivity contribution is -0.128. The standard InChI is InChI=1S/C27H35N3O7/c1-17(31)28-22(14-18-6-8-21(34-2)9-7-18)26(32)29-20-10-12-30(13-11-20)27(33)19-15-23(35-3)25(37-5)24(16-19)36-4/h6-9,15-16,20,22H,10-14H2,1-5H3,(H,28,31)(H,29,32)/t22-/m0/s1. The molecule has 200 valence electrons. The number of carbonyl (C=O) groups is 3. The molecule has 1 saturated heterocycles. The summed E-state index contributed by atoms with van der Waals surface area (Å²) in [6.45, 7) is 2.34. The Hall–Kier alpha value is -3.95. The number of methoxy groups -OCH3 is 4. The van der Waals surface area contributed by atoms with E-state index in [1.54, 1.807) is 24.1 Å². The molecule has 0 unspecified atom stereocenters. The fraction of sp³-hybridized carbons (Fsp3) is 0.444. The number of nitrogens with zero attached hydrogens (tertiary/aromatic N) is 1. The Morgan fingerprint density at radius 2 is 1.51 bits per heavy atom. The number of ether oxygens (including phenoxy) is 4. The maximum Gasteiger partial charge on any atom is 0.254 e. The van der Waals surface area contributed by atoms with Crippen LogP contribution in [0.3, 0.4) is 0 Å². The Morgan fingerprint density at radius 1 is 0.919 bits per heavy atom. The Bertz CT molecular complexity index is 1070. The first kappa shape index (κ1) is 27.6. The van der Waals surface area contributed by atoms with Crippen molar-refractivity contribution in [2.24, 2.45) is 0 Å². The minimum atomic E-state index is -0.704. The first-order valence-electron chi connectivity index (χ1n) is 12.1. The number of carbonyl (C=O) groups excluding carboxylic acids is 3. The normalized spacial score (nSPS) is 14.4. The molecule has 2 aromatic rings. The second kappa shape index (κ2) is 12.8. The molecule has 10 nitrogen and oxygen atoms in total. The third-order valence-corrected chi connectivity index (χ3v) is 6.33. The van der Waals surface area contributed by atoms with Crippen molar-refractivity contribution in [3.63, 3.8) is 0 Å². The van der Waals surface area contributed by atoms with Crippen LogP contribution < -0.4 is 29.6 Å². The zero-order valence-electron chi connectivity index (χ0n) is 22.0. The Kier molecular flexibility index (Phi) is 9.59. The summed E-state index contributed by atoms with van der Waals surface area (Å²) in [5, 5.41) is 5.79. The van der Waals surface area contributed by atoms with Crippen molar-refractivity contribution in [2.45, 2.75) is 38.3 Å². The minimum Gasteiger partial charge on any atom is -0.497 e. The zero-order chi connectivity index (χ0) is 26.9. The van der Waals surface area contributed by atoms with E-state index in [2.05, 4.69) is 10.6 Å². The van der Waals surface area contributed by atoms with Crippen molar-refractivity contribution < 1.29 is 33.3 Å². The SMILES string of the molecule is COc1ccc(C[C@H](NC(C)=O)C(=O)NC2CCN(C(=O)c3cc(OC)c(OC)c(OC)c3)CC2)cc1. The van der Waals surface area contributed by atoms with Crippen LogP contribution >= 0.6 is 0 Å². The molecule has 0 aliphatic carbocycles. The lowest BCUT2D eigenvalue weighted by atomic mass is 10.0.